The number of rotatable bonds is 7. The number of hydrogen-bond donors (Lipinski definition) is 0. The lowest BCUT2D eigenvalue weighted by molar-refractivity contribution is 0.667. The molecule has 0 radical (unpaired) electrons. The van der Waals surface area contributed by atoms with E-state index in [1.807, 2.05) is 11.3 Å². The Bertz CT molecular complexity index is 2710. The van der Waals surface area contributed by atoms with Gasteiger partial charge in [-0.2, -0.15) is 0 Å². The van der Waals surface area contributed by atoms with E-state index in [0.29, 0.717) is 0 Å². The summed E-state index contributed by atoms with van der Waals surface area (Å²) in [4.78, 5) is 3.78. The molecule has 2 heteroatoms. The SMILES string of the molecule is CC1(C)c2cccc(-c3ccc(-c4cccc(N(c5ccc(-c6ccccc6)cc5)c5ccc(-c6ccccc6)cc5)c4)cc3)c2-c2sc3ccccc3c21. The van der Waals surface area contributed by atoms with Gasteiger partial charge in [0.15, 0.2) is 0 Å². The van der Waals surface area contributed by atoms with Crippen LogP contribution in [0.2, 0.25) is 0 Å². The number of thiophene rings is 1. The van der Waals surface area contributed by atoms with Gasteiger partial charge in [0, 0.05) is 37.6 Å². The van der Waals surface area contributed by atoms with E-state index in [1.54, 1.807) is 0 Å². The first-order valence-corrected chi connectivity index (χ1v) is 19.8. The van der Waals surface area contributed by atoms with Crippen LogP contribution in [0, 0.1) is 0 Å². The van der Waals surface area contributed by atoms with Crippen LogP contribution in [0.3, 0.4) is 0 Å². The van der Waals surface area contributed by atoms with Gasteiger partial charge in [-0.05, 0) is 103 Å². The minimum Gasteiger partial charge on any atom is -0.310 e. The predicted octanol–water partition coefficient (Wildman–Crippen LogP) is 15.3. The van der Waals surface area contributed by atoms with Gasteiger partial charge in [-0.3, -0.25) is 0 Å². The Morgan fingerprint density at radius 3 is 1.53 bits per heavy atom. The Morgan fingerprint density at radius 1 is 0.400 bits per heavy atom. The molecule has 0 bridgehead atoms. The Hall–Kier alpha value is -6.48. The van der Waals surface area contributed by atoms with Crippen molar-refractivity contribution in [3.8, 4) is 54.9 Å². The summed E-state index contributed by atoms with van der Waals surface area (Å²) in [7, 11) is 0. The van der Waals surface area contributed by atoms with Crippen molar-refractivity contribution >= 4 is 38.5 Å². The third-order valence-electron chi connectivity index (χ3n) is 11.3. The van der Waals surface area contributed by atoms with Crippen LogP contribution >= 0.6 is 11.3 Å². The third kappa shape index (κ3) is 5.78. The molecule has 1 heterocycles. The van der Waals surface area contributed by atoms with Gasteiger partial charge >= 0.3 is 0 Å². The van der Waals surface area contributed by atoms with E-state index in [-0.39, 0.29) is 5.41 Å². The topological polar surface area (TPSA) is 3.24 Å². The average molecular weight is 722 g/mol. The van der Waals surface area contributed by atoms with E-state index in [2.05, 4.69) is 219 Å². The van der Waals surface area contributed by atoms with Crippen LogP contribution in [0.25, 0.3) is 65.0 Å². The van der Waals surface area contributed by atoms with E-state index in [0.717, 1.165) is 17.1 Å². The largest absolute Gasteiger partial charge is 0.310 e. The molecule has 0 unspecified atom stereocenters. The zero-order chi connectivity index (χ0) is 36.9. The molecule has 1 aliphatic carbocycles. The molecular weight excluding hydrogens is 683 g/mol. The van der Waals surface area contributed by atoms with E-state index in [4.69, 9.17) is 0 Å². The molecule has 0 amide bonds. The van der Waals surface area contributed by atoms with Crippen LogP contribution in [0.15, 0.2) is 200 Å². The molecule has 0 saturated carbocycles. The molecule has 0 spiro atoms. The lowest BCUT2D eigenvalue weighted by atomic mass is 9.81. The van der Waals surface area contributed by atoms with Crippen molar-refractivity contribution in [1.29, 1.82) is 0 Å². The van der Waals surface area contributed by atoms with Crippen LogP contribution in [0.1, 0.15) is 25.0 Å². The van der Waals surface area contributed by atoms with Crippen LogP contribution in [0.5, 0.6) is 0 Å². The van der Waals surface area contributed by atoms with Crippen LogP contribution < -0.4 is 4.90 Å². The summed E-state index contributed by atoms with van der Waals surface area (Å²) in [6, 6.07) is 72.8. The molecule has 0 saturated heterocycles. The minimum absolute atomic E-state index is 0.0454. The Balaban J connectivity index is 1.02. The van der Waals surface area contributed by atoms with Crippen molar-refractivity contribution in [1.82, 2.24) is 0 Å². The second kappa shape index (κ2) is 13.4. The highest BCUT2D eigenvalue weighted by Gasteiger charge is 2.39. The highest BCUT2D eigenvalue weighted by molar-refractivity contribution is 7.22. The minimum atomic E-state index is -0.0454. The first kappa shape index (κ1) is 33.1. The molecule has 0 N–H and O–H groups in total. The first-order chi connectivity index (χ1) is 27.0. The van der Waals surface area contributed by atoms with Crippen molar-refractivity contribution in [3.05, 3.63) is 211 Å². The normalized spacial score (nSPS) is 12.7. The Kier molecular flexibility index (Phi) is 8.08. The van der Waals surface area contributed by atoms with Gasteiger partial charge < -0.3 is 4.90 Å². The fourth-order valence-corrected chi connectivity index (χ4v) is 9.95. The zero-order valence-corrected chi connectivity index (χ0v) is 31.7. The summed E-state index contributed by atoms with van der Waals surface area (Å²) < 4.78 is 1.37. The van der Waals surface area contributed by atoms with E-state index < -0.39 is 0 Å². The van der Waals surface area contributed by atoms with Gasteiger partial charge in [0.1, 0.15) is 0 Å². The van der Waals surface area contributed by atoms with Gasteiger partial charge in [0.25, 0.3) is 0 Å². The van der Waals surface area contributed by atoms with Crippen molar-refractivity contribution in [2.24, 2.45) is 0 Å². The summed E-state index contributed by atoms with van der Waals surface area (Å²) in [6.45, 7) is 4.77. The summed E-state index contributed by atoms with van der Waals surface area (Å²) in [5.41, 5.74) is 17.3. The molecule has 1 aliphatic rings. The van der Waals surface area contributed by atoms with Crippen LogP contribution in [-0.4, -0.2) is 0 Å². The summed E-state index contributed by atoms with van der Waals surface area (Å²) in [5, 5.41) is 1.39. The Labute approximate surface area is 327 Å². The fraction of sp³-hybridized carbons (Fsp3) is 0.0566. The summed E-state index contributed by atoms with van der Waals surface area (Å²) >= 11 is 1.94. The van der Waals surface area contributed by atoms with Crippen molar-refractivity contribution in [2.75, 3.05) is 4.90 Å². The molecule has 10 rings (SSSR count). The van der Waals surface area contributed by atoms with Crippen molar-refractivity contribution in [3.63, 3.8) is 0 Å². The quantitative estimate of drug-likeness (QED) is 0.158. The monoisotopic (exact) mass is 721 g/mol. The van der Waals surface area contributed by atoms with E-state index in [9.17, 15) is 0 Å². The number of benzene rings is 8. The second-order valence-corrected chi connectivity index (χ2v) is 16.0. The molecule has 9 aromatic rings. The highest BCUT2D eigenvalue weighted by Crippen LogP contribution is 2.57. The maximum absolute atomic E-state index is 2.38. The predicted molar refractivity (Wildman–Crippen MR) is 236 cm³/mol. The third-order valence-corrected chi connectivity index (χ3v) is 12.5. The van der Waals surface area contributed by atoms with E-state index in [1.165, 1.54) is 76.2 Å². The Morgan fingerprint density at radius 2 is 0.891 bits per heavy atom. The van der Waals surface area contributed by atoms with Gasteiger partial charge in [0.05, 0.1) is 0 Å². The second-order valence-electron chi connectivity index (χ2n) is 14.9. The van der Waals surface area contributed by atoms with Gasteiger partial charge in [-0.15, -0.1) is 11.3 Å². The number of nitrogens with zero attached hydrogens (tertiary/aromatic N) is 1. The molecule has 1 aromatic heterocycles. The number of fused-ring (bicyclic) bond motifs is 5. The average Bonchev–Trinajstić information content (AvgIpc) is 3.75. The summed E-state index contributed by atoms with van der Waals surface area (Å²) in [5.74, 6) is 0. The number of anilines is 3. The van der Waals surface area contributed by atoms with E-state index >= 15 is 0 Å². The lowest BCUT2D eigenvalue weighted by Gasteiger charge is -2.26. The summed E-state index contributed by atoms with van der Waals surface area (Å²) in [6.07, 6.45) is 0. The molecule has 0 aliphatic heterocycles. The first-order valence-electron chi connectivity index (χ1n) is 19.0. The standard InChI is InChI=1S/C53H39NS/c1-53(2)48-21-12-20-46(50(48)52-51(53)47-19-9-10-22-49(47)55-52)41-25-23-40(24-26-41)42-17-11-18-45(35-42)54(43-31-27-38(28-32-43)36-13-5-3-6-14-36)44-33-29-39(30-34-44)37-15-7-4-8-16-37/h3-35H,1-2H3. The smallest absolute Gasteiger partial charge is 0.0467 e. The van der Waals surface area contributed by atoms with Crippen LogP contribution in [-0.2, 0) is 5.41 Å². The molecule has 262 valence electrons. The zero-order valence-electron chi connectivity index (χ0n) is 30.9. The molecule has 55 heavy (non-hydrogen) atoms. The van der Waals surface area contributed by atoms with Gasteiger partial charge in [-0.25, -0.2) is 0 Å². The maximum Gasteiger partial charge on any atom is 0.0467 e. The number of hydrogen-bond acceptors (Lipinski definition) is 2. The maximum atomic E-state index is 2.38. The molecule has 0 atom stereocenters. The van der Waals surface area contributed by atoms with Gasteiger partial charge in [-0.1, -0.05) is 172 Å². The lowest BCUT2D eigenvalue weighted by Crippen LogP contribution is -2.14. The highest BCUT2D eigenvalue weighted by atomic mass is 32.1. The van der Waals surface area contributed by atoms with Crippen LogP contribution in [0.4, 0.5) is 17.1 Å². The van der Waals surface area contributed by atoms with Crippen molar-refractivity contribution < 1.29 is 0 Å². The molecule has 0 fully saturated rings. The van der Waals surface area contributed by atoms with Gasteiger partial charge in [0.2, 0.25) is 0 Å². The van der Waals surface area contributed by atoms with Crippen molar-refractivity contribution in [2.45, 2.75) is 19.3 Å². The molecule has 8 aromatic carbocycles. The fourth-order valence-electron chi connectivity index (χ4n) is 8.52. The molecular formula is C53H39NS. The molecule has 1 nitrogen and oxygen atoms in total.